The molecular formula is C24H29N5O3S. The quantitative estimate of drug-likeness (QED) is 0.462. The van der Waals surface area contributed by atoms with Gasteiger partial charge < -0.3 is 19.9 Å². The number of aryl methyl sites for hydroxylation is 1. The summed E-state index contributed by atoms with van der Waals surface area (Å²) in [4.78, 5) is 25.2. The number of hydrogen-bond acceptors (Lipinski definition) is 6. The minimum absolute atomic E-state index is 0.0931. The molecule has 2 amide bonds. The molecule has 1 aromatic heterocycles. The number of nitrogens with one attached hydrogen (secondary N) is 2. The maximum absolute atomic E-state index is 12.7. The number of carbonyl (C=O) groups excluding carboxylic acids is 2. The molecule has 1 atom stereocenters. The Hall–Kier alpha value is -3.33. The van der Waals surface area contributed by atoms with E-state index in [1.807, 2.05) is 68.8 Å². The van der Waals surface area contributed by atoms with E-state index in [1.54, 1.807) is 19.2 Å². The van der Waals surface area contributed by atoms with Crippen LogP contribution in [0.25, 0.3) is 0 Å². The van der Waals surface area contributed by atoms with E-state index in [-0.39, 0.29) is 29.5 Å². The van der Waals surface area contributed by atoms with Crippen molar-refractivity contribution in [2.75, 3.05) is 18.2 Å². The number of methoxy groups -OCH3 is 1. The second-order valence-corrected chi connectivity index (χ2v) is 8.94. The zero-order valence-corrected chi connectivity index (χ0v) is 20.3. The second kappa shape index (κ2) is 11.0. The molecule has 0 spiro atoms. The van der Waals surface area contributed by atoms with Crippen LogP contribution < -0.4 is 15.4 Å². The van der Waals surface area contributed by atoms with Gasteiger partial charge in [0.1, 0.15) is 5.75 Å². The number of ether oxygens (including phenoxy) is 1. The number of rotatable bonds is 9. The molecule has 9 heteroatoms. The molecule has 3 aromatic rings. The summed E-state index contributed by atoms with van der Waals surface area (Å²) < 4.78 is 7.14. The van der Waals surface area contributed by atoms with Crippen molar-refractivity contribution in [2.45, 2.75) is 32.0 Å². The normalized spacial score (nSPS) is 11.8. The summed E-state index contributed by atoms with van der Waals surface area (Å²) in [5.74, 6) is 1.15. The van der Waals surface area contributed by atoms with Crippen LogP contribution in [-0.2, 0) is 11.8 Å². The molecule has 3 rings (SSSR count). The molecule has 0 aliphatic carbocycles. The van der Waals surface area contributed by atoms with Crippen molar-refractivity contribution in [3.63, 3.8) is 0 Å². The van der Waals surface area contributed by atoms with Crippen molar-refractivity contribution in [1.29, 1.82) is 0 Å². The number of thioether (sulfide) groups is 1. The number of anilines is 1. The highest BCUT2D eigenvalue weighted by Gasteiger charge is 2.25. The van der Waals surface area contributed by atoms with Gasteiger partial charge in [0.2, 0.25) is 5.91 Å². The lowest BCUT2D eigenvalue weighted by Gasteiger charge is -2.21. The van der Waals surface area contributed by atoms with Crippen LogP contribution in [0.1, 0.15) is 41.6 Å². The van der Waals surface area contributed by atoms with Gasteiger partial charge in [-0.3, -0.25) is 9.59 Å². The van der Waals surface area contributed by atoms with Gasteiger partial charge in [0.15, 0.2) is 11.0 Å². The Morgan fingerprint density at radius 2 is 1.85 bits per heavy atom. The number of carbonyl (C=O) groups is 2. The molecule has 0 saturated heterocycles. The highest BCUT2D eigenvalue weighted by molar-refractivity contribution is 7.99. The van der Waals surface area contributed by atoms with E-state index in [1.165, 1.54) is 11.8 Å². The molecule has 174 valence electrons. The zero-order chi connectivity index (χ0) is 24.0. The predicted molar refractivity (Wildman–Crippen MR) is 130 cm³/mol. The van der Waals surface area contributed by atoms with Crippen molar-refractivity contribution in [3.05, 3.63) is 65.5 Å². The number of benzene rings is 2. The van der Waals surface area contributed by atoms with Gasteiger partial charge in [0, 0.05) is 12.6 Å². The van der Waals surface area contributed by atoms with Gasteiger partial charge in [-0.05, 0) is 42.7 Å². The standard InChI is InChI=1S/C24H29N5O3S/c1-15(2)21(26-23(31)17-9-7-6-8-10-17)22-27-28-24(29(22)4)33-14-20(30)25-18-13-16(3)11-12-19(18)32-5/h6-13,15,21H,14H2,1-5H3,(H,25,30)(H,26,31)/t21-/m0/s1. The Morgan fingerprint density at radius 3 is 2.52 bits per heavy atom. The van der Waals surface area contributed by atoms with Gasteiger partial charge in [-0.25, -0.2) is 0 Å². The molecule has 0 fully saturated rings. The third kappa shape index (κ3) is 6.13. The highest BCUT2D eigenvalue weighted by atomic mass is 32.2. The van der Waals surface area contributed by atoms with E-state index in [2.05, 4.69) is 20.8 Å². The molecule has 33 heavy (non-hydrogen) atoms. The smallest absolute Gasteiger partial charge is 0.251 e. The number of hydrogen-bond donors (Lipinski definition) is 2. The average molecular weight is 468 g/mol. The molecule has 0 saturated carbocycles. The fourth-order valence-electron chi connectivity index (χ4n) is 3.30. The van der Waals surface area contributed by atoms with Crippen LogP contribution in [0.3, 0.4) is 0 Å². The van der Waals surface area contributed by atoms with Gasteiger partial charge in [0.25, 0.3) is 5.91 Å². The van der Waals surface area contributed by atoms with E-state index in [4.69, 9.17) is 4.74 Å². The Bertz CT molecular complexity index is 1110. The van der Waals surface area contributed by atoms with Crippen LogP contribution in [0, 0.1) is 12.8 Å². The van der Waals surface area contributed by atoms with Gasteiger partial charge >= 0.3 is 0 Å². The molecule has 0 radical (unpaired) electrons. The van der Waals surface area contributed by atoms with E-state index < -0.39 is 0 Å². The molecule has 0 bridgehead atoms. The van der Waals surface area contributed by atoms with Gasteiger partial charge in [-0.15, -0.1) is 10.2 Å². The molecular weight excluding hydrogens is 438 g/mol. The topological polar surface area (TPSA) is 98.1 Å². The van der Waals surface area contributed by atoms with Crippen LogP contribution in [0.15, 0.2) is 53.7 Å². The summed E-state index contributed by atoms with van der Waals surface area (Å²) in [7, 11) is 3.40. The first kappa shape index (κ1) is 24.3. The molecule has 2 N–H and O–H groups in total. The minimum Gasteiger partial charge on any atom is -0.495 e. The Balaban J connectivity index is 1.67. The van der Waals surface area contributed by atoms with Crippen LogP contribution in [0.5, 0.6) is 5.75 Å². The van der Waals surface area contributed by atoms with E-state index in [0.717, 1.165) is 5.56 Å². The van der Waals surface area contributed by atoms with Gasteiger partial charge in [0.05, 0.1) is 24.6 Å². The molecule has 1 heterocycles. The van der Waals surface area contributed by atoms with Crippen molar-refractivity contribution >= 4 is 29.3 Å². The average Bonchev–Trinajstić information content (AvgIpc) is 3.16. The SMILES string of the molecule is COc1ccc(C)cc1NC(=O)CSc1nnc([C@@H](NC(=O)c2ccccc2)C(C)C)n1C. The van der Waals surface area contributed by atoms with Gasteiger partial charge in [-0.1, -0.05) is 49.9 Å². The summed E-state index contributed by atoms with van der Waals surface area (Å²) in [5, 5.41) is 15.1. The Morgan fingerprint density at radius 1 is 1.12 bits per heavy atom. The first-order valence-electron chi connectivity index (χ1n) is 10.6. The summed E-state index contributed by atoms with van der Waals surface area (Å²) in [6.07, 6.45) is 0. The third-order valence-corrected chi connectivity index (χ3v) is 6.12. The van der Waals surface area contributed by atoms with Crippen molar-refractivity contribution in [1.82, 2.24) is 20.1 Å². The van der Waals surface area contributed by atoms with Crippen LogP contribution in [0.2, 0.25) is 0 Å². The first-order chi connectivity index (χ1) is 15.8. The summed E-state index contributed by atoms with van der Waals surface area (Å²) >= 11 is 1.28. The van der Waals surface area contributed by atoms with E-state index in [9.17, 15) is 9.59 Å². The largest absolute Gasteiger partial charge is 0.495 e. The molecule has 2 aromatic carbocycles. The maximum atomic E-state index is 12.7. The minimum atomic E-state index is -0.324. The van der Waals surface area contributed by atoms with Crippen molar-refractivity contribution < 1.29 is 14.3 Å². The third-order valence-electron chi connectivity index (χ3n) is 5.10. The number of nitrogens with zero attached hydrogens (tertiary/aromatic N) is 3. The lowest BCUT2D eigenvalue weighted by atomic mass is 10.0. The van der Waals surface area contributed by atoms with Crippen LogP contribution in [0.4, 0.5) is 5.69 Å². The fourth-order valence-corrected chi connectivity index (χ4v) is 4.02. The lowest BCUT2D eigenvalue weighted by molar-refractivity contribution is -0.113. The number of amides is 2. The Labute approximate surface area is 198 Å². The molecule has 0 unspecified atom stereocenters. The maximum Gasteiger partial charge on any atom is 0.251 e. The summed E-state index contributed by atoms with van der Waals surface area (Å²) in [6.45, 7) is 5.98. The first-order valence-corrected chi connectivity index (χ1v) is 11.6. The Kier molecular flexibility index (Phi) is 8.11. The molecule has 8 nitrogen and oxygen atoms in total. The summed E-state index contributed by atoms with van der Waals surface area (Å²) in [6, 6.07) is 14.4. The fraction of sp³-hybridized carbons (Fsp3) is 0.333. The zero-order valence-electron chi connectivity index (χ0n) is 19.5. The predicted octanol–water partition coefficient (Wildman–Crippen LogP) is 3.99. The highest BCUT2D eigenvalue weighted by Crippen LogP contribution is 2.27. The monoisotopic (exact) mass is 467 g/mol. The van der Waals surface area contributed by atoms with Crippen LogP contribution >= 0.6 is 11.8 Å². The van der Waals surface area contributed by atoms with Gasteiger partial charge in [-0.2, -0.15) is 0 Å². The van der Waals surface area contributed by atoms with Crippen molar-refractivity contribution in [2.24, 2.45) is 13.0 Å². The van der Waals surface area contributed by atoms with E-state index in [0.29, 0.717) is 28.0 Å². The van der Waals surface area contributed by atoms with E-state index >= 15 is 0 Å². The number of aromatic nitrogens is 3. The second-order valence-electron chi connectivity index (χ2n) is 8.00. The van der Waals surface area contributed by atoms with Crippen molar-refractivity contribution in [3.8, 4) is 5.75 Å². The molecule has 0 aliphatic heterocycles. The summed E-state index contributed by atoms with van der Waals surface area (Å²) in [5.41, 5.74) is 2.24. The lowest BCUT2D eigenvalue weighted by Crippen LogP contribution is -2.33. The molecule has 0 aliphatic rings. The van der Waals surface area contributed by atoms with Crippen LogP contribution in [-0.4, -0.2) is 39.4 Å².